The van der Waals surface area contributed by atoms with Crippen LogP contribution >= 0.6 is 11.6 Å². The van der Waals surface area contributed by atoms with Crippen molar-refractivity contribution in [3.63, 3.8) is 0 Å². The van der Waals surface area contributed by atoms with Crippen LogP contribution < -0.4 is 10.1 Å². The molecule has 2 rings (SSSR count). The van der Waals surface area contributed by atoms with Crippen molar-refractivity contribution in [1.29, 1.82) is 0 Å². The molecule has 0 atom stereocenters. The van der Waals surface area contributed by atoms with Crippen LogP contribution in [0.25, 0.3) is 0 Å². The number of hydrogen-bond acceptors (Lipinski definition) is 3. The van der Waals surface area contributed by atoms with E-state index < -0.39 is 5.60 Å². The largest absolute Gasteiger partial charge is 0.487 e. The molecule has 21 heavy (non-hydrogen) atoms. The smallest absolute Gasteiger partial charge is 0.227 e. The third-order valence-electron chi connectivity index (χ3n) is 3.62. The molecule has 4 nitrogen and oxygen atoms in total. The van der Waals surface area contributed by atoms with Gasteiger partial charge in [-0.05, 0) is 38.8 Å². The van der Waals surface area contributed by atoms with E-state index >= 15 is 0 Å². The van der Waals surface area contributed by atoms with Crippen molar-refractivity contribution in [2.45, 2.75) is 57.7 Å². The normalized spacial score (nSPS) is 17.0. The summed E-state index contributed by atoms with van der Waals surface area (Å²) in [5.41, 5.74) is -0.315. The van der Waals surface area contributed by atoms with Crippen LogP contribution in [0.3, 0.4) is 0 Å². The van der Waals surface area contributed by atoms with Crippen LogP contribution in [0.5, 0.6) is 5.75 Å². The Kier molecular flexibility index (Phi) is 5.12. The van der Waals surface area contributed by atoms with Crippen molar-refractivity contribution >= 4 is 23.2 Å². The first-order valence-electron chi connectivity index (χ1n) is 7.37. The van der Waals surface area contributed by atoms with Crippen molar-refractivity contribution in [3.05, 3.63) is 23.2 Å². The van der Waals surface area contributed by atoms with Gasteiger partial charge in [0.25, 0.3) is 0 Å². The lowest BCUT2D eigenvalue weighted by Crippen LogP contribution is -2.30. The molecule has 116 valence electrons. The quantitative estimate of drug-likeness (QED) is 0.870. The number of carbonyl (C=O) groups excluding carboxylic acids is 1. The SMILES string of the molecule is CC(C)Oc1c(Cl)cccc1NC(=O)CC1(O)CCCC1. The van der Waals surface area contributed by atoms with Crippen molar-refractivity contribution in [2.75, 3.05) is 5.32 Å². The topological polar surface area (TPSA) is 58.6 Å². The summed E-state index contributed by atoms with van der Waals surface area (Å²) in [6.07, 6.45) is 3.39. The molecular formula is C16H22ClNO3. The maximum Gasteiger partial charge on any atom is 0.227 e. The van der Waals surface area contributed by atoms with Crippen LogP contribution in [0.15, 0.2) is 18.2 Å². The van der Waals surface area contributed by atoms with E-state index in [-0.39, 0.29) is 18.4 Å². The molecule has 0 unspecified atom stereocenters. The number of halogens is 1. The van der Waals surface area contributed by atoms with E-state index in [0.29, 0.717) is 29.3 Å². The van der Waals surface area contributed by atoms with Crippen LogP contribution in [0.2, 0.25) is 5.02 Å². The molecule has 1 fully saturated rings. The fourth-order valence-electron chi connectivity index (χ4n) is 2.67. The van der Waals surface area contributed by atoms with Crippen LogP contribution in [0, 0.1) is 0 Å². The van der Waals surface area contributed by atoms with Crippen molar-refractivity contribution < 1.29 is 14.6 Å². The van der Waals surface area contributed by atoms with Crippen LogP contribution in [-0.2, 0) is 4.79 Å². The molecule has 2 N–H and O–H groups in total. The van der Waals surface area contributed by atoms with Gasteiger partial charge in [-0.1, -0.05) is 30.5 Å². The molecule has 1 amide bonds. The Morgan fingerprint density at radius 3 is 2.71 bits per heavy atom. The number of carbonyl (C=O) groups is 1. The minimum absolute atomic E-state index is 0.0421. The van der Waals surface area contributed by atoms with Crippen LogP contribution in [0.4, 0.5) is 5.69 Å². The second kappa shape index (κ2) is 6.67. The second-order valence-corrected chi connectivity index (χ2v) is 6.35. The number of amides is 1. The molecule has 0 saturated heterocycles. The molecule has 0 heterocycles. The van der Waals surface area contributed by atoms with E-state index in [1.165, 1.54) is 0 Å². The highest BCUT2D eigenvalue weighted by Crippen LogP contribution is 2.35. The zero-order chi connectivity index (χ0) is 15.5. The van der Waals surface area contributed by atoms with Gasteiger partial charge in [0, 0.05) is 0 Å². The Balaban J connectivity index is 2.08. The summed E-state index contributed by atoms with van der Waals surface area (Å²) in [4.78, 5) is 12.2. The number of nitrogens with one attached hydrogen (secondary N) is 1. The number of aliphatic hydroxyl groups is 1. The summed E-state index contributed by atoms with van der Waals surface area (Å²) in [5.74, 6) is 0.260. The minimum atomic E-state index is -0.859. The molecule has 0 radical (unpaired) electrons. The molecular weight excluding hydrogens is 290 g/mol. The predicted octanol–water partition coefficient (Wildman–Crippen LogP) is 3.76. The summed E-state index contributed by atoms with van der Waals surface area (Å²) in [5, 5.41) is 13.6. The molecule has 0 spiro atoms. The third kappa shape index (κ3) is 4.35. The fraction of sp³-hybridized carbons (Fsp3) is 0.562. The average molecular weight is 312 g/mol. The van der Waals surface area contributed by atoms with Gasteiger partial charge >= 0.3 is 0 Å². The third-order valence-corrected chi connectivity index (χ3v) is 3.92. The van der Waals surface area contributed by atoms with E-state index in [2.05, 4.69) is 5.32 Å². The van der Waals surface area contributed by atoms with Crippen LogP contribution in [-0.4, -0.2) is 22.7 Å². The maximum atomic E-state index is 12.2. The monoisotopic (exact) mass is 311 g/mol. The molecule has 1 aromatic carbocycles. The lowest BCUT2D eigenvalue weighted by molar-refractivity contribution is -0.120. The summed E-state index contributed by atoms with van der Waals surface area (Å²) in [6.45, 7) is 3.80. The lowest BCUT2D eigenvalue weighted by Gasteiger charge is -2.22. The molecule has 1 saturated carbocycles. The summed E-state index contributed by atoms with van der Waals surface area (Å²) >= 11 is 6.13. The van der Waals surface area contributed by atoms with Crippen molar-refractivity contribution in [2.24, 2.45) is 0 Å². The first-order chi connectivity index (χ1) is 9.89. The van der Waals surface area contributed by atoms with E-state index in [9.17, 15) is 9.90 Å². The summed E-state index contributed by atoms with van der Waals surface area (Å²) < 4.78 is 5.66. The van der Waals surface area contributed by atoms with Gasteiger partial charge in [-0.15, -0.1) is 0 Å². The van der Waals surface area contributed by atoms with E-state index in [1.54, 1.807) is 18.2 Å². The molecule has 1 aliphatic rings. The summed E-state index contributed by atoms with van der Waals surface area (Å²) in [6, 6.07) is 5.23. The van der Waals surface area contributed by atoms with E-state index in [1.807, 2.05) is 13.8 Å². The van der Waals surface area contributed by atoms with Gasteiger partial charge in [-0.25, -0.2) is 0 Å². The number of para-hydroxylation sites is 1. The Morgan fingerprint density at radius 1 is 1.43 bits per heavy atom. The Morgan fingerprint density at radius 2 is 2.10 bits per heavy atom. The Bertz CT molecular complexity index is 510. The molecule has 0 bridgehead atoms. The Labute approximate surface area is 130 Å². The second-order valence-electron chi connectivity index (χ2n) is 5.94. The predicted molar refractivity (Wildman–Crippen MR) is 83.9 cm³/mol. The molecule has 5 heteroatoms. The lowest BCUT2D eigenvalue weighted by atomic mass is 9.97. The van der Waals surface area contributed by atoms with E-state index in [0.717, 1.165) is 12.8 Å². The number of ether oxygens (including phenoxy) is 1. The van der Waals surface area contributed by atoms with Gasteiger partial charge < -0.3 is 15.2 Å². The van der Waals surface area contributed by atoms with Crippen molar-refractivity contribution in [1.82, 2.24) is 0 Å². The zero-order valence-electron chi connectivity index (χ0n) is 12.5. The van der Waals surface area contributed by atoms with Crippen LogP contribution in [0.1, 0.15) is 46.0 Å². The first kappa shape index (κ1) is 16.1. The van der Waals surface area contributed by atoms with Gasteiger partial charge in [0.05, 0.1) is 28.8 Å². The van der Waals surface area contributed by atoms with E-state index in [4.69, 9.17) is 16.3 Å². The highest BCUT2D eigenvalue weighted by Gasteiger charge is 2.33. The highest BCUT2D eigenvalue weighted by atomic mass is 35.5. The van der Waals surface area contributed by atoms with Gasteiger partial charge in [-0.2, -0.15) is 0 Å². The molecule has 0 aliphatic heterocycles. The first-order valence-corrected chi connectivity index (χ1v) is 7.75. The van der Waals surface area contributed by atoms with Gasteiger partial charge in [0.1, 0.15) is 0 Å². The zero-order valence-corrected chi connectivity index (χ0v) is 13.2. The number of anilines is 1. The van der Waals surface area contributed by atoms with Gasteiger partial charge in [-0.3, -0.25) is 4.79 Å². The number of benzene rings is 1. The van der Waals surface area contributed by atoms with Crippen molar-refractivity contribution in [3.8, 4) is 5.75 Å². The molecule has 1 aliphatic carbocycles. The fourth-order valence-corrected chi connectivity index (χ4v) is 2.88. The number of hydrogen-bond donors (Lipinski definition) is 2. The molecule has 0 aromatic heterocycles. The maximum absolute atomic E-state index is 12.2. The number of rotatable bonds is 5. The average Bonchev–Trinajstić information content (AvgIpc) is 2.79. The standard InChI is InChI=1S/C16H22ClNO3/c1-11(2)21-15-12(17)6-5-7-13(15)18-14(19)10-16(20)8-3-4-9-16/h5-7,11,20H,3-4,8-10H2,1-2H3,(H,18,19). The van der Waals surface area contributed by atoms with Gasteiger partial charge in [0.15, 0.2) is 5.75 Å². The Hall–Kier alpha value is -1.26. The minimum Gasteiger partial charge on any atom is -0.487 e. The van der Waals surface area contributed by atoms with Gasteiger partial charge in [0.2, 0.25) is 5.91 Å². The molecule has 1 aromatic rings. The highest BCUT2D eigenvalue weighted by molar-refractivity contribution is 6.32. The summed E-state index contributed by atoms with van der Waals surface area (Å²) in [7, 11) is 0.